The van der Waals surface area contributed by atoms with Crippen molar-refractivity contribution in [2.75, 3.05) is 13.7 Å². The molecule has 8 heteroatoms. The lowest BCUT2D eigenvalue weighted by Gasteiger charge is -2.39. The molecular weight excluding hydrogens is 440 g/mol. The predicted octanol–water partition coefficient (Wildman–Crippen LogP) is 3.98. The monoisotopic (exact) mass is 467 g/mol. The van der Waals surface area contributed by atoms with Crippen LogP contribution in [0.2, 0.25) is 0 Å². The van der Waals surface area contributed by atoms with Crippen molar-refractivity contribution in [3.63, 3.8) is 0 Å². The normalized spacial score (nSPS) is 29.6. The molecule has 0 bridgehead atoms. The van der Waals surface area contributed by atoms with Crippen molar-refractivity contribution in [1.82, 2.24) is 16.0 Å². The maximum atomic E-state index is 15.1. The molecule has 1 heterocycles. The van der Waals surface area contributed by atoms with E-state index in [0.717, 1.165) is 35.3 Å². The van der Waals surface area contributed by atoms with E-state index < -0.39 is 46.9 Å². The second-order valence-corrected chi connectivity index (χ2v) is 9.52. The van der Waals surface area contributed by atoms with Crippen molar-refractivity contribution in [2.45, 2.75) is 37.5 Å². The lowest BCUT2D eigenvalue weighted by Crippen LogP contribution is -2.54. The minimum absolute atomic E-state index is 0.0495. The number of carbonyl (C=O) groups excluding carboxylic acids is 2. The van der Waals surface area contributed by atoms with Crippen molar-refractivity contribution in [2.24, 2.45) is 11.3 Å². The smallest absolute Gasteiger partial charge is 0.316 e. The Labute approximate surface area is 196 Å². The SMILES string of the molecule is COC1=CC(F)C(C)([C@@H]2CNC(=O)[C@H]2NC(=O)NC2(c3ccc4ccccc4c3)CC2)C(F)=C1. The minimum atomic E-state index is -1.72. The molecule has 6 nitrogen and oxygen atoms in total. The summed E-state index contributed by atoms with van der Waals surface area (Å²) in [6.07, 6.45) is 2.15. The Balaban J connectivity index is 1.34. The highest BCUT2D eigenvalue weighted by Gasteiger charge is 2.55. The number of amides is 3. The van der Waals surface area contributed by atoms with Gasteiger partial charge in [0.05, 0.1) is 18.1 Å². The number of nitrogens with one attached hydrogen (secondary N) is 3. The molecular formula is C26H27F2N3O3. The van der Waals surface area contributed by atoms with Gasteiger partial charge in [0.25, 0.3) is 0 Å². The number of fused-ring (bicyclic) bond motifs is 1. The molecule has 1 saturated carbocycles. The van der Waals surface area contributed by atoms with E-state index in [9.17, 15) is 9.59 Å². The summed E-state index contributed by atoms with van der Waals surface area (Å²) >= 11 is 0. The highest BCUT2D eigenvalue weighted by molar-refractivity contribution is 5.90. The third-order valence-electron chi connectivity index (χ3n) is 7.55. The topological polar surface area (TPSA) is 79.5 Å². The molecule has 3 N–H and O–H groups in total. The first kappa shape index (κ1) is 22.4. The highest BCUT2D eigenvalue weighted by atomic mass is 19.1. The first-order valence-corrected chi connectivity index (χ1v) is 11.4. The van der Waals surface area contributed by atoms with E-state index >= 15 is 8.78 Å². The van der Waals surface area contributed by atoms with Crippen LogP contribution in [0.25, 0.3) is 10.8 Å². The Morgan fingerprint density at radius 1 is 1.18 bits per heavy atom. The number of urea groups is 1. The van der Waals surface area contributed by atoms with Crippen LogP contribution in [0.15, 0.2) is 66.2 Å². The van der Waals surface area contributed by atoms with Crippen LogP contribution in [-0.4, -0.2) is 37.8 Å². The van der Waals surface area contributed by atoms with Crippen LogP contribution in [-0.2, 0) is 15.1 Å². The number of carbonyl (C=O) groups is 2. The first-order valence-electron chi connectivity index (χ1n) is 11.4. The van der Waals surface area contributed by atoms with E-state index in [0.29, 0.717) is 0 Å². The molecule has 1 saturated heterocycles. The van der Waals surface area contributed by atoms with Gasteiger partial charge >= 0.3 is 6.03 Å². The fraction of sp³-hybridized carbons (Fsp3) is 0.385. The van der Waals surface area contributed by atoms with Gasteiger partial charge in [-0.25, -0.2) is 13.6 Å². The Kier molecular flexibility index (Phi) is 5.34. The number of methoxy groups -OCH3 is 1. The summed E-state index contributed by atoms with van der Waals surface area (Å²) in [6.45, 7) is 1.48. The van der Waals surface area contributed by atoms with Gasteiger partial charge in [-0.2, -0.15) is 0 Å². The van der Waals surface area contributed by atoms with Crippen molar-refractivity contribution in [3.8, 4) is 0 Å². The maximum absolute atomic E-state index is 15.1. The van der Waals surface area contributed by atoms with Gasteiger partial charge in [0, 0.05) is 18.5 Å². The molecule has 2 unspecified atom stereocenters. The van der Waals surface area contributed by atoms with Crippen LogP contribution in [0.1, 0.15) is 25.3 Å². The number of ether oxygens (including phenoxy) is 1. The molecule has 4 atom stereocenters. The Morgan fingerprint density at radius 2 is 1.91 bits per heavy atom. The number of alkyl halides is 1. The third kappa shape index (κ3) is 3.61. The number of hydrogen-bond acceptors (Lipinski definition) is 3. The summed E-state index contributed by atoms with van der Waals surface area (Å²) in [6, 6.07) is 12.5. The van der Waals surface area contributed by atoms with Crippen LogP contribution in [0.4, 0.5) is 13.6 Å². The largest absolute Gasteiger partial charge is 0.497 e. The van der Waals surface area contributed by atoms with Gasteiger partial charge in [-0.1, -0.05) is 36.4 Å². The summed E-state index contributed by atoms with van der Waals surface area (Å²) in [5.74, 6) is -1.91. The van der Waals surface area contributed by atoms with Gasteiger partial charge in [-0.15, -0.1) is 0 Å². The predicted molar refractivity (Wildman–Crippen MR) is 124 cm³/mol. The van der Waals surface area contributed by atoms with Gasteiger partial charge in [0.2, 0.25) is 5.91 Å². The average Bonchev–Trinajstić information content (AvgIpc) is 3.52. The molecule has 0 spiro atoms. The van der Waals surface area contributed by atoms with Gasteiger partial charge < -0.3 is 20.7 Å². The van der Waals surface area contributed by atoms with Crippen molar-refractivity contribution in [3.05, 3.63) is 71.8 Å². The fourth-order valence-electron chi connectivity index (χ4n) is 5.12. The number of rotatable bonds is 5. The first-order chi connectivity index (χ1) is 16.3. The highest BCUT2D eigenvalue weighted by Crippen LogP contribution is 2.48. The molecule has 2 aromatic rings. The molecule has 0 radical (unpaired) electrons. The fourth-order valence-corrected chi connectivity index (χ4v) is 5.12. The molecule has 34 heavy (non-hydrogen) atoms. The van der Waals surface area contributed by atoms with Crippen molar-refractivity contribution >= 4 is 22.7 Å². The molecule has 2 fully saturated rings. The second-order valence-electron chi connectivity index (χ2n) is 9.52. The van der Waals surface area contributed by atoms with E-state index in [4.69, 9.17) is 4.74 Å². The number of allylic oxidation sites excluding steroid dienone is 3. The van der Waals surface area contributed by atoms with Crippen molar-refractivity contribution in [1.29, 1.82) is 0 Å². The number of halogens is 2. The van der Waals surface area contributed by atoms with Crippen LogP contribution < -0.4 is 16.0 Å². The quantitative estimate of drug-likeness (QED) is 0.622. The molecule has 3 aliphatic rings. The lowest BCUT2D eigenvalue weighted by molar-refractivity contribution is -0.121. The second kappa shape index (κ2) is 8.11. The van der Waals surface area contributed by atoms with Gasteiger partial charge in [-0.05, 0) is 48.2 Å². The van der Waals surface area contributed by atoms with Crippen LogP contribution in [0.3, 0.4) is 0 Å². The molecule has 178 valence electrons. The average molecular weight is 468 g/mol. The third-order valence-corrected chi connectivity index (χ3v) is 7.55. The summed E-state index contributed by atoms with van der Waals surface area (Å²) in [4.78, 5) is 25.6. The van der Waals surface area contributed by atoms with Gasteiger partial charge in [0.1, 0.15) is 23.8 Å². The summed E-state index contributed by atoms with van der Waals surface area (Å²) in [5, 5.41) is 10.5. The van der Waals surface area contributed by atoms with Gasteiger partial charge in [-0.3, -0.25) is 4.79 Å². The van der Waals surface area contributed by atoms with Crippen LogP contribution in [0.5, 0.6) is 0 Å². The lowest BCUT2D eigenvalue weighted by atomic mass is 9.68. The zero-order chi connectivity index (χ0) is 24.1. The minimum Gasteiger partial charge on any atom is -0.497 e. The zero-order valence-corrected chi connectivity index (χ0v) is 19.0. The standard InChI is InChI=1S/C26H27F2N3O3/c1-25(20(27)12-18(34-2)13-21(25)28)19-14-29-23(32)22(19)30-24(33)31-26(9-10-26)17-8-7-15-5-3-4-6-16(15)11-17/h3-8,11-13,19-20,22H,9-10,14H2,1-2H3,(H,29,32)(H2,30,31,33)/t19-,20?,22+,25?/m1/s1. The van der Waals surface area contributed by atoms with E-state index in [1.807, 2.05) is 36.4 Å². The Morgan fingerprint density at radius 3 is 2.59 bits per heavy atom. The summed E-state index contributed by atoms with van der Waals surface area (Å²) < 4.78 is 35.2. The number of benzene rings is 2. The Bertz CT molecular complexity index is 1220. The number of hydrogen-bond donors (Lipinski definition) is 3. The molecule has 0 aromatic heterocycles. The van der Waals surface area contributed by atoms with Gasteiger partial charge in [0.15, 0.2) is 0 Å². The van der Waals surface area contributed by atoms with E-state index in [2.05, 4.69) is 22.0 Å². The molecule has 5 rings (SSSR count). The maximum Gasteiger partial charge on any atom is 0.316 e. The molecule has 1 aliphatic heterocycles. The van der Waals surface area contributed by atoms with E-state index in [1.165, 1.54) is 20.1 Å². The molecule has 2 aromatic carbocycles. The summed E-state index contributed by atoms with van der Waals surface area (Å²) in [5.41, 5.74) is -1.14. The van der Waals surface area contributed by atoms with Crippen LogP contribution in [0, 0.1) is 11.3 Å². The van der Waals surface area contributed by atoms with E-state index in [1.54, 1.807) is 0 Å². The summed E-state index contributed by atoms with van der Waals surface area (Å²) in [7, 11) is 1.34. The van der Waals surface area contributed by atoms with E-state index in [-0.39, 0.29) is 12.3 Å². The zero-order valence-electron chi connectivity index (χ0n) is 19.0. The molecule has 2 aliphatic carbocycles. The van der Waals surface area contributed by atoms with Crippen LogP contribution >= 0.6 is 0 Å². The molecule has 3 amide bonds. The van der Waals surface area contributed by atoms with Crippen molar-refractivity contribution < 1.29 is 23.1 Å². The Hall–Kier alpha value is -3.42.